The molecule has 0 unspecified atom stereocenters. The van der Waals surface area contributed by atoms with Gasteiger partial charge in [-0.2, -0.15) is 5.26 Å². The first kappa shape index (κ1) is 20.0. The summed E-state index contributed by atoms with van der Waals surface area (Å²) in [6.45, 7) is 4.32. The largest absolute Gasteiger partial charge is 0.495 e. The van der Waals surface area contributed by atoms with Crippen LogP contribution in [0.4, 0.5) is 0 Å². The van der Waals surface area contributed by atoms with E-state index in [1.54, 1.807) is 13.2 Å². The summed E-state index contributed by atoms with van der Waals surface area (Å²) in [5.74, 6) is 0.365. The molecule has 0 atom stereocenters. The number of methoxy groups -OCH3 is 1. The van der Waals surface area contributed by atoms with Gasteiger partial charge in [0, 0.05) is 17.9 Å². The van der Waals surface area contributed by atoms with Gasteiger partial charge < -0.3 is 14.6 Å². The molecule has 5 nitrogen and oxygen atoms in total. The fourth-order valence-corrected chi connectivity index (χ4v) is 3.30. The highest BCUT2D eigenvalue weighted by atomic mass is 16.5. The SMILES string of the molecule is COc1ccccc1-n1c(C)cc(/C=C(\C#N)C(=O)NCc2ccccc2)c1C. The lowest BCUT2D eigenvalue weighted by molar-refractivity contribution is -0.117. The Hall–Kier alpha value is -3.78. The van der Waals surface area contributed by atoms with E-state index < -0.39 is 5.91 Å². The van der Waals surface area contributed by atoms with Gasteiger partial charge in [0.15, 0.2) is 0 Å². The lowest BCUT2D eigenvalue weighted by Gasteiger charge is -2.13. The highest BCUT2D eigenvalue weighted by Gasteiger charge is 2.15. The van der Waals surface area contributed by atoms with Gasteiger partial charge in [0.2, 0.25) is 0 Å². The van der Waals surface area contributed by atoms with E-state index in [1.165, 1.54) is 0 Å². The van der Waals surface area contributed by atoms with Crippen molar-refractivity contribution in [3.8, 4) is 17.5 Å². The quantitative estimate of drug-likeness (QED) is 0.507. The van der Waals surface area contributed by atoms with E-state index in [1.807, 2.05) is 80.6 Å². The number of carbonyl (C=O) groups is 1. The molecule has 2 aromatic carbocycles. The molecule has 0 saturated carbocycles. The van der Waals surface area contributed by atoms with Gasteiger partial charge in [0.05, 0.1) is 12.8 Å². The summed E-state index contributed by atoms with van der Waals surface area (Å²) in [5.41, 5.74) is 4.70. The number of ether oxygens (including phenoxy) is 1. The minimum absolute atomic E-state index is 0.0706. The van der Waals surface area contributed by atoms with Crippen LogP contribution in [0.15, 0.2) is 66.2 Å². The Morgan fingerprint density at radius 2 is 1.83 bits per heavy atom. The molecule has 0 aliphatic heterocycles. The van der Waals surface area contributed by atoms with Gasteiger partial charge in [-0.25, -0.2) is 0 Å². The molecule has 3 rings (SSSR count). The average Bonchev–Trinajstić information content (AvgIpc) is 3.03. The van der Waals surface area contributed by atoms with Crippen molar-refractivity contribution < 1.29 is 9.53 Å². The molecule has 29 heavy (non-hydrogen) atoms. The van der Waals surface area contributed by atoms with E-state index in [9.17, 15) is 10.1 Å². The summed E-state index contributed by atoms with van der Waals surface area (Å²) >= 11 is 0. The van der Waals surface area contributed by atoms with Crippen LogP contribution in [0.25, 0.3) is 11.8 Å². The average molecular weight is 385 g/mol. The molecule has 1 heterocycles. The summed E-state index contributed by atoms with van der Waals surface area (Å²) in [6.07, 6.45) is 1.63. The lowest BCUT2D eigenvalue weighted by Crippen LogP contribution is -2.23. The standard InChI is InChI=1S/C24H23N3O2/c1-17-13-20(18(2)27(17)22-11-7-8-12-23(22)29-3)14-21(15-25)24(28)26-16-19-9-5-4-6-10-19/h4-14H,16H2,1-3H3,(H,26,28)/b21-14+. The van der Waals surface area contributed by atoms with E-state index in [2.05, 4.69) is 9.88 Å². The number of nitriles is 1. The molecule has 5 heteroatoms. The first-order chi connectivity index (χ1) is 14.0. The maximum Gasteiger partial charge on any atom is 0.262 e. The molecule has 0 fully saturated rings. The fraction of sp³-hybridized carbons (Fsp3) is 0.167. The van der Waals surface area contributed by atoms with E-state index in [0.29, 0.717) is 6.54 Å². The van der Waals surface area contributed by atoms with Gasteiger partial charge in [-0.3, -0.25) is 4.79 Å². The van der Waals surface area contributed by atoms with Gasteiger partial charge in [-0.15, -0.1) is 0 Å². The Kier molecular flexibility index (Phi) is 6.16. The third kappa shape index (κ3) is 4.39. The number of nitrogens with one attached hydrogen (secondary N) is 1. The summed E-state index contributed by atoms with van der Waals surface area (Å²) in [4.78, 5) is 12.5. The summed E-state index contributed by atoms with van der Waals surface area (Å²) in [5, 5.41) is 12.3. The van der Waals surface area contributed by atoms with E-state index in [4.69, 9.17) is 4.74 Å². The van der Waals surface area contributed by atoms with Crippen LogP contribution in [0.2, 0.25) is 0 Å². The lowest BCUT2D eigenvalue weighted by atomic mass is 10.1. The van der Waals surface area contributed by atoms with Crippen molar-refractivity contribution in [3.05, 3.63) is 88.8 Å². The molecule has 1 N–H and O–H groups in total. The molecule has 1 amide bonds. The molecule has 146 valence electrons. The van der Waals surface area contributed by atoms with Crippen molar-refractivity contribution in [1.29, 1.82) is 5.26 Å². The second kappa shape index (κ2) is 8.94. The van der Waals surface area contributed by atoms with Crippen LogP contribution in [-0.4, -0.2) is 17.6 Å². The molecular formula is C24H23N3O2. The van der Waals surface area contributed by atoms with Gasteiger partial charge in [-0.05, 0) is 49.2 Å². The molecule has 0 aliphatic rings. The monoisotopic (exact) mass is 385 g/mol. The van der Waals surface area contributed by atoms with Gasteiger partial charge >= 0.3 is 0 Å². The van der Waals surface area contributed by atoms with Crippen molar-refractivity contribution in [1.82, 2.24) is 9.88 Å². The number of rotatable bonds is 6. The molecule has 0 spiro atoms. The zero-order valence-corrected chi connectivity index (χ0v) is 16.8. The minimum Gasteiger partial charge on any atom is -0.495 e. The smallest absolute Gasteiger partial charge is 0.262 e. The predicted molar refractivity (Wildman–Crippen MR) is 114 cm³/mol. The number of hydrogen-bond acceptors (Lipinski definition) is 3. The molecule has 0 aliphatic carbocycles. The van der Waals surface area contributed by atoms with Crippen LogP contribution in [0, 0.1) is 25.2 Å². The first-order valence-electron chi connectivity index (χ1n) is 9.31. The second-order valence-electron chi connectivity index (χ2n) is 6.67. The van der Waals surface area contributed by atoms with E-state index in [-0.39, 0.29) is 5.57 Å². The molecule has 3 aromatic rings. The minimum atomic E-state index is -0.390. The topological polar surface area (TPSA) is 67.0 Å². The van der Waals surface area contributed by atoms with Crippen molar-refractivity contribution in [2.24, 2.45) is 0 Å². The molecule has 0 radical (unpaired) electrons. The van der Waals surface area contributed by atoms with Crippen LogP contribution < -0.4 is 10.1 Å². The zero-order chi connectivity index (χ0) is 20.8. The van der Waals surface area contributed by atoms with Crippen LogP contribution in [0.3, 0.4) is 0 Å². The number of nitrogens with zero attached hydrogens (tertiary/aromatic N) is 2. The van der Waals surface area contributed by atoms with E-state index >= 15 is 0 Å². The fourth-order valence-electron chi connectivity index (χ4n) is 3.30. The highest BCUT2D eigenvalue weighted by Crippen LogP contribution is 2.28. The Labute approximate surface area is 170 Å². The van der Waals surface area contributed by atoms with Crippen LogP contribution in [0.5, 0.6) is 5.75 Å². The molecule has 0 bridgehead atoms. The third-order valence-electron chi connectivity index (χ3n) is 4.76. The molecular weight excluding hydrogens is 362 g/mol. The highest BCUT2D eigenvalue weighted by molar-refractivity contribution is 6.01. The Morgan fingerprint density at radius 3 is 2.52 bits per heavy atom. The zero-order valence-electron chi connectivity index (χ0n) is 16.8. The van der Waals surface area contributed by atoms with Crippen molar-refractivity contribution in [3.63, 3.8) is 0 Å². The predicted octanol–water partition coefficient (Wildman–Crippen LogP) is 4.33. The summed E-state index contributed by atoms with van der Waals surface area (Å²) in [6, 6.07) is 21.3. The summed E-state index contributed by atoms with van der Waals surface area (Å²) in [7, 11) is 1.64. The number of carbonyl (C=O) groups excluding carboxylic acids is 1. The number of para-hydroxylation sites is 2. The summed E-state index contributed by atoms with van der Waals surface area (Å²) < 4.78 is 7.54. The van der Waals surface area contributed by atoms with Crippen molar-refractivity contribution >= 4 is 12.0 Å². The maximum atomic E-state index is 12.5. The van der Waals surface area contributed by atoms with E-state index in [0.717, 1.165) is 34.0 Å². The Balaban J connectivity index is 1.89. The Bertz CT molecular complexity index is 1090. The van der Waals surface area contributed by atoms with Crippen molar-refractivity contribution in [2.45, 2.75) is 20.4 Å². The third-order valence-corrected chi connectivity index (χ3v) is 4.76. The van der Waals surface area contributed by atoms with Crippen LogP contribution in [-0.2, 0) is 11.3 Å². The number of amides is 1. The van der Waals surface area contributed by atoms with Gasteiger partial charge in [-0.1, -0.05) is 42.5 Å². The first-order valence-corrected chi connectivity index (χ1v) is 9.31. The van der Waals surface area contributed by atoms with Gasteiger partial charge in [0.1, 0.15) is 17.4 Å². The number of hydrogen-bond donors (Lipinski definition) is 1. The molecule has 1 aromatic heterocycles. The molecule has 0 saturated heterocycles. The van der Waals surface area contributed by atoms with Crippen LogP contribution in [0.1, 0.15) is 22.5 Å². The maximum absolute atomic E-state index is 12.5. The van der Waals surface area contributed by atoms with Gasteiger partial charge in [0.25, 0.3) is 5.91 Å². The normalized spacial score (nSPS) is 11.0. The number of aromatic nitrogens is 1. The van der Waals surface area contributed by atoms with Crippen LogP contribution >= 0.6 is 0 Å². The number of aryl methyl sites for hydroxylation is 1. The van der Waals surface area contributed by atoms with Crippen molar-refractivity contribution in [2.75, 3.05) is 7.11 Å². The second-order valence-corrected chi connectivity index (χ2v) is 6.67. The number of benzene rings is 2. The Morgan fingerprint density at radius 1 is 1.14 bits per heavy atom.